The Balaban J connectivity index is 2.39. The zero-order valence-corrected chi connectivity index (χ0v) is 17.7. The molecule has 3 aromatic rings. The first-order chi connectivity index (χ1) is 12.8. The van der Waals surface area contributed by atoms with E-state index in [4.69, 9.17) is 0 Å². The van der Waals surface area contributed by atoms with Crippen LogP contribution >= 0.6 is 0 Å². The van der Waals surface area contributed by atoms with Crippen molar-refractivity contribution in [3.05, 3.63) is 64.1 Å². The quantitative estimate of drug-likeness (QED) is 0.459. The lowest BCUT2D eigenvalue weighted by Crippen LogP contribution is -2.35. The van der Waals surface area contributed by atoms with Gasteiger partial charge in [0, 0.05) is 13.0 Å². The molecular formula is C25H31FN+. The van der Waals surface area contributed by atoms with Gasteiger partial charge in [0.15, 0.2) is 5.69 Å². The van der Waals surface area contributed by atoms with Crippen LogP contribution in [0.2, 0.25) is 0 Å². The summed E-state index contributed by atoms with van der Waals surface area (Å²) in [4.78, 5) is 0. The highest BCUT2D eigenvalue weighted by Crippen LogP contribution is 2.35. The molecule has 2 aromatic carbocycles. The Morgan fingerprint density at radius 2 is 1.59 bits per heavy atom. The van der Waals surface area contributed by atoms with Gasteiger partial charge in [-0.1, -0.05) is 32.0 Å². The lowest BCUT2D eigenvalue weighted by atomic mass is 9.89. The molecule has 0 spiro atoms. The molecule has 0 unspecified atom stereocenters. The smallest absolute Gasteiger partial charge is 0.206 e. The summed E-state index contributed by atoms with van der Waals surface area (Å²) in [7, 11) is 2.04. The predicted molar refractivity (Wildman–Crippen MR) is 113 cm³/mol. The predicted octanol–water partition coefficient (Wildman–Crippen LogP) is 6.61. The summed E-state index contributed by atoms with van der Waals surface area (Å²) < 4.78 is 17.4. The van der Waals surface area contributed by atoms with E-state index in [2.05, 4.69) is 56.5 Å². The van der Waals surface area contributed by atoms with Crippen LogP contribution in [0.4, 0.5) is 4.39 Å². The van der Waals surface area contributed by atoms with Gasteiger partial charge in [-0.3, -0.25) is 0 Å². The summed E-state index contributed by atoms with van der Waals surface area (Å²) in [6, 6.07) is 10.9. The molecule has 0 radical (unpaired) electrons. The molecule has 0 atom stereocenters. The maximum atomic E-state index is 15.3. The van der Waals surface area contributed by atoms with Gasteiger partial charge in [0.2, 0.25) is 5.69 Å². The van der Waals surface area contributed by atoms with Crippen molar-refractivity contribution in [1.29, 1.82) is 0 Å². The first kappa shape index (κ1) is 19.5. The number of hydrogen-bond donors (Lipinski definition) is 0. The normalized spacial score (nSPS) is 11.6. The van der Waals surface area contributed by atoms with Gasteiger partial charge in [-0.2, -0.15) is 4.57 Å². The van der Waals surface area contributed by atoms with Crippen LogP contribution in [0, 0.1) is 33.5 Å². The molecule has 0 fully saturated rings. The first-order valence-corrected chi connectivity index (χ1v) is 10.00. The SMILES string of the molecule is CCC(CC)c1ccc2c(-c3c(C)c(C)cc(C)c3F)[n+](C)c(C)cc2c1. The fourth-order valence-electron chi connectivity index (χ4n) is 4.25. The minimum absolute atomic E-state index is 0.107. The van der Waals surface area contributed by atoms with Crippen molar-refractivity contribution in [2.24, 2.45) is 7.05 Å². The molecular weight excluding hydrogens is 333 g/mol. The Kier molecular flexibility index (Phi) is 5.37. The first-order valence-electron chi connectivity index (χ1n) is 10.00. The minimum Gasteiger partial charge on any atom is -0.206 e. The topological polar surface area (TPSA) is 3.88 Å². The number of fused-ring (bicyclic) bond motifs is 1. The molecule has 3 rings (SSSR count). The molecule has 1 heterocycles. The average Bonchev–Trinajstić information content (AvgIpc) is 2.64. The highest BCUT2D eigenvalue weighted by atomic mass is 19.1. The Morgan fingerprint density at radius 1 is 0.926 bits per heavy atom. The highest BCUT2D eigenvalue weighted by molar-refractivity contribution is 5.94. The zero-order chi connectivity index (χ0) is 19.9. The van der Waals surface area contributed by atoms with Gasteiger partial charge >= 0.3 is 0 Å². The van der Waals surface area contributed by atoms with Crippen molar-refractivity contribution >= 4 is 10.8 Å². The maximum absolute atomic E-state index is 15.3. The number of benzene rings is 2. The molecule has 0 aliphatic rings. The molecule has 0 N–H and O–H groups in total. The van der Waals surface area contributed by atoms with Crippen LogP contribution in [-0.2, 0) is 7.05 Å². The van der Waals surface area contributed by atoms with Crippen LogP contribution in [-0.4, -0.2) is 0 Å². The number of pyridine rings is 1. The van der Waals surface area contributed by atoms with Gasteiger partial charge in [0.05, 0.1) is 10.9 Å². The molecule has 1 aromatic heterocycles. The van der Waals surface area contributed by atoms with E-state index in [9.17, 15) is 0 Å². The molecule has 0 aliphatic carbocycles. The summed E-state index contributed by atoms with van der Waals surface area (Å²) in [6.07, 6.45) is 2.28. The van der Waals surface area contributed by atoms with Gasteiger partial charge in [-0.25, -0.2) is 4.39 Å². The van der Waals surface area contributed by atoms with Crippen LogP contribution in [0.3, 0.4) is 0 Å². The third-order valence-electron chi connectivity index (χ3n) is 6.22. The van der Waals surface area contributed by atoms with Gasteiger partial charge in [-0.05, 0) is 73.2 Å². The molecule has 27 heavy (non-hydrogen) atoms. The van der Waals surface area contributed by atoms with E-state index in [1.165, 1.54) is 10.9 Å². The summed E-state index contributed by atoms with van der Waals surface area (Å²) in [5, 5.41) is 2.31. The van der Waals surface area contributed by atoms with E-state index in [-0.39, 0.29) is 5.82 Å². The summed E-state index contributed by atoms with van der Waals surface area (Å²) in [5.41, 5.74) is 7.08. The second-order valence-electron chi connectivity index (χ2n) is 7.88. The van der Waals surface area contributed by atoms with Gasteiger partial charge in [0.25, 0.3) is 0 Å². The monoisotopic (exact) mass is 364 g/mol. The number of rotatable bonds is 4. The molecule has 0 amide bonds. The Hall–Kier alpha value is -2.22. The van der Waals surface area contributed by atoms with Crippen molar-refractivity contribution in [1.82, 2.24) is 0 Å². The summed E-state index contributed by atoms with van der Waals surface area (Å²) in [6.45, 7) is 12.5. The molecule has 0 bridgehead atoms. The van der Waals surface area contributed by atoms with E-state index in [0.717, 1.165) is 46.3 Å². The van der Waals surface area contributed by atoms with Crippen LogP contribution < -0.4 is 4.57 Å². The number of aryl methyl sites for hydroxylation is 3. The zero-order valence-electron chi connectivity index (χ0n) is 17.7. The maximum Gasteiger partial charge on any atom is 0.223 e. The summed E-state index contributed by atoms with van der Waals surface area (Å²) in [5.74, 6) is 0.469. The molecule has 2 heteroatoms. The number of nitrogens with zero attached hydrogens (tertiary/aromatic N) is 1. The lowest BCUT2D eigenvalue weighted by molar-refractivity contribution is -0.665. The van der Waals surface area contributed by atoms with Crippen LogP contribution in [0.15, 0.2) is 30.3 Å². The van der Waals surface area contributed by atoms with Crippen LogP contribution in [0.5, 0.6) is 0 Å². The van der Waals surface area contributed by atoms with Crippen molar-refractivity contribution in [3.8, 4) is 11.3 Å². The van der Waals surface area contributed by atoms with Gasteiger partial charge < -0.3 is 0 Å². The second-order valence-corrected chi connectivity index (χ2v) is 7.88. The molecule has 0 saturated heterocycles. The van der Waals surface area contributed by atoms with Crippen molar-refractivity contribution in [3.63, 3.8) is 0 Å². The van der Waals surface area contributed by atoms with E-state index in [1.54, 1.807) is 0 Å². The lowest BCUT2D eigenvalue weighted by Gasteiger charge is -2.16. The highest BCUT2D eigenvalue weighted by Gasteiger charge is 2.25. The summed E-state index contributed by atoms with van der Waals surface area (Å²) >= 11 is 0. The average molecular weight is 365 g/mol. The number of halogens is 1. The number of aromatic nitrogens is 1. The van der Waals surface area contributed by atoms with E-state index in [0.29, 0.717) is 11.5 Å². The van der Waals surface area contributed by atoms with Crippen LogP contribution in [0.25, 0.3) is 22.0 Å². The molecule has 0 saturated carbocycles. The largest absolute Gasteiger partial charge is 0.223 e. The number of hydrogen-bond acceptors (Lipinski definition) is 0. The van der Waals surface area contributed by atoms with Gasteiger partial charge in [-0.15, -0.1) is 0 Å². The van der Waals surface area contributed by atoms with E-state index in [1.807, 2.05) is 27.0 Å². The third kappa shape index (κ3) is 3.26. The van der Waals surface area contributed by atoms with Crippen molar-refractivity contribution < 1.29 is 8.96 Å². The molecule has 142 valence electrons. The fourth-order valence-corrected chi connectivity index (χ4v) is 4.25. The third-order valence-corrected chi connectivity index (χ3v) is 6.22. The second kappa shape index (κ2) is 7.42. The fraction of sp³-hybridized carbons (Fsp3) is 0.400. The Labute approximate surface area is 162 Å². The Morgan fingerprint density at radius 3 is 2.22 bits per heavy atom. The van der Waals surface area contributed by atoms with Crippen molar-refractivity contribution in [2.75, 3.05) is 0 Å². The van der Waals surface area contributed by atoms with E-state index < -0.39 is 0 Å². The van der Waals surface area contributed by atoms with Crippen molar-refractivity contribution in [2.45, 2.75) is 60.3 Å². The van der Waals surface area contributed by atoms with Gasteiger partial charge in [0.1, 0.15) is 12.9 Å². The van der Waals surface area contributed by atoms with Crippen LogP contribution in [0.1, 0.15) is 60.6 Å². The minimum atomic E-state index is -0.107. The molecule has 1 nitrogen and oxygen atoms in total. The Bertz CT molecular complexity index is 987. The molecule has 0 aliphatic heterocycles. The van der Waals surface area contributed by atoms with E-state index >= 15 is 4.39 Å². The standard InChI is InChI=1S/C25H31FN/c1-8-19(9-2)20-10-11-22-21(14-20)13-17(5)27(7)25(22)23-18(6)15(3)12-16(4)24(23)26/h10-14,19H,8-9H2,1-7H3/q+1.